The number of likely N-dealkylation sites (tertiary alicyclic amines) is 1. The van der Waals surface area contributed by atoms with Crippen molar-refractivity contribution >= 4 is 12.0 Å². The van der Waals surface area contributed by atoms with Gasteiger partial charge in [-0.15, -0.1) is 0 Å². The fourth-order valence-corrected chi connectivity index (χ4v) is 3.50. The molecular formula is C21H29FN2O3. The van der Waals surface area contributed by atoms with Crippen molar-refractivity contribution in [2.75, 3.05) is 6.54 Å². The SMILES string of the molecule is CC(C)(C)OC(=O)N1CCCC[C@H]1C(=O)N(Cc1ccccc1F)C1CC1. The number of ether oxygens (including phenoxy) is 1. The number of hydrogen-bond donors (Lipinski definition) is 0. The Morgan fingerprint density at radius 1 is 1.19 bits per heavy atom. The highest BCUT2D eigenvalue weighted by molar-refractivity contribution is 5.86. The summed E-state index contributed by atoms with van der Waals surface area (Å²) in [5, 5.41) is 0. The van der Waals surface area contributed by atoms with E-state index in [1.165, 1.54) is 6.07 Å². The molecule has 2 fully saturated rings. The number of rotatable bonds is 4. The topological polar surface area (TPSA) is 49.9 Å². The first-order valence-corrected chi connectivity index (χ1v) is 9.80. The minimum Gasteiger partial charge on any atom is -0.444 e. The average molecular weight is 376 g/mol. The number of benzene rings is 1. The van der Waals surface area contributed by atoms with Gasteiger partial charge in [-0.1, -0.05) is 18.2 Å². The summed E-state index contributed by atoms with van der Waals surface area (Å²) in [5.41, 5.74) is -0.0942. The summed E-state index contributed by atoms with van der Waals surface area (Å²) in [7, 11) is 0. The Labute approximate surface area is 160 Å². The molecule has 27 heavy (non-hydrogen) atoms. The van der Waals surface area contributed by atoms with E-state index < -0.39 is 17.7 Å². The molecular weight excluding hydrogens is 347 g/mol. The summed E-state index contributed by atoms with van der Waals surface area (Å²) < 4.78 is 19.6. The van der Waals surface area contributed by atoms with Crippen molar-refractivity contribution in [1.29, 1.82) is 0 Å². The molecule has 1 aromatic carbocycles. The molecule has 1 atom stereocenters. The molecule has 0 spiro atoms. The molecule has 0 aromatic heterocycles. The summed E-state index contributed by atoms with van der Waals surface area (Å²) in [6.45, 7) is 6.22. The standard InChI is InChI=1S/C21H29FN2O3/c1-21(2,3)27-20(26)23-13-7-6-10-18(23)19(25)24(16-11-12-16)14-15-8-4-5-9-17(15)22/h4-5,8-9,16,18H,6-7,10-14H2,1-3H3/t18-/m0/s1. The zero-order chi connectivity index (χ0) is 19.6. The van der Waals surface area contributed by atoms with Crippen molar-refractivity contribution in [1.82, 2.24) is 9.80 Å². The Kier molecular flexibility index (Phi) is 5.72. The van der Waals surface area contributed by atoms with Crippen LogP contribution in [-0.2, 0) is 16.1 Å². The predicted octanol–water partition coefficient (Wildman–Crippen LogP) is 4.11. The van der Waals surface area contributed by atoms with Crippen LogP contribution >= 0.6 is 0 Å². The third kappa shape index (κ3) is 4.99. The third-order valence-electron chi connectivity index (χ3n) is 4.99. The molecule has 0 N–H and O–H groups in total. The molecule has 2 aliphatic rings. The number of amides is 2. The second-order valence-corrected chi connectivity index (χ2v) is 8.47. The maximum Gasteiger partial charge on any atom is 0.410 e. The highest BCUT2D eigenvalue weighted by Crippen LogP contribution is 2.32. The van der Waals surface area contributed by atoms with Crippen LogP contribution in [0.15, 0.2) is 24.3 Å². The molecule has 1 saturated carbocycles. The molecule has 0 unspecified atom stereocenters. The highest BCUT2D eigenvalue weighted by atomic mass is 19.1. The Morgan fingerprint density at radius 2 is 1.89 bits per heavy atom. The highest BCUT2D eigenvalue weighted by Gasteiger charge is 2.41. The van der Waals surface area contributed by atoms with E-state index in [9.17, 15) is 14.0 Å². The van der Waals surface area contributed by atoms with E-state index in [4.69, 9.17) is 4.74 Å². The van der Waals surface area contributed by atoms with Crippen molar-refractivity contribution in [3.63, 3.8) is 0 Å². The van der Waals surface area contributed by atoms with Gasteiger partial charge in [-0.2, -0.15) is 0 Å². The maximum absolute atomic E-state index is 14.1. The quantitative estimate of drug-likeness (QED) is 0.795. The lowest BCUT2D eigenvalue weighted by Crippen LogP contribution is -2.54. The van der Waals surface area contributed by atoms with Crippen molar-refractivity contribution in [3.05, 3.63) is 35.6 Å². The van der Waals surface area contributed by atoms with Crippen molar-refractivity contribution in [2.24, 2.45) is 0 Å². The molecule has 5 nitrogen and oxygen atoms in total. The molecule has 1 aliphatic heterocycles. The zero-order valence-corrected chi connectivity index (χ0v) is 16.4. The van der Waals surface area contributed by atoms with E-state index >= 15 is 0 Å². The lowest BCUT2D eigenvalue weighted by atomic mass is 10.0. The number of carbonyl (C=O) groups is 2. The molecule has 3 rings (SSSR count). The smallest absolute Gasteiger partial charge is 0.410 e. The molecule has 0 radical (unpaired) electrons. The van der Waals surface area contributed by atoms with Gasteiger partial charge in [-0.25, -0.2) is 9.18 Å². The van der Waals surface area contributed by atoms with Crippen LogP contribution in [0.3, 0.4) is 0 Å². The zero-order valence-electron chi connectivity index (χ0n) is 16.4. The van der Waals surface area contributed by atoms with Crippen LogP contribution in [0.1, 0.15) is 58.4 Å². The van der Waals surface area contributed by atoms with E-state index in [0.29, 0.717) is 18.5 Å². The lowest BCUT2D eigenvalue weighted by molar-refractivity contribution is -0.139. The van der Waals surface area contributed by atoms with Gasteiger partial charge in [-0.3, -0.25) is 9.69 Å². The second kappa shape index (κ2) is 7.87. The van der Waals surface area contributed by atoms with E-state index in [1.54, 1.807) is 28.0 Å². The largest absolute Gasteiger partial charge is 0.444 e. The average Bonchev–Trinajstić information content (AvgIpc) is 3.44. The van der Waals surface area contributed by atoms with Crippen LogP contribution in [0.4, 0.5) is 9.18 Å². The monoisotopic (exact) mass is 376 g/mol. The molecule has 1 saturated heterocycles. The number of carbonyl (C=O) groups excluding carboxylic acids is 2. The second-order valence-electron chi connectivity index (χ2n) is 8.47. The predicted molar refractivity (Wildman–Crippen MR) is 101 cm³/mol. The summed E-state index contributed by atoms with van der Waals surface area (Å²) in [5.74, 6) is -0.394. The number of piperidine rings is 1. The Morgan fingerprint density at radius 3 is 2.52 bits per heavy atom. The van der Waals surface area contributed by atoms with Gasteiger partial charge in [0.1, 0.15) is 17.5 Å². The minimum atomic E-state index is -0.606. The van der Waals surface area contributed by atoms with Crippen LogP contribution in [-0.4, -0.2) is 46.0 Å². The Bertz CT molecular complexity index is 697. The number of nitrogens with zero attached hydrogens (tertiary/aromatic N) is 2. The van der Waals surface area contributed by atoms with Gasteiger partial charge in [0, 0.05) is 24.7 Å². The van der Waals surface area contributed by atoms with Crippen molar-refractivity contribution < 1.29 is 18.7 Å². The van der Waals surface area contributed by atoms with Gasteiger partial charge in [0.2, 0.25) is 5.91 Å². The molecule has 1 aromatic rings. The first-order chi connectivity index (χ1) is 12.8. The van der Waals surface area contributed by atoms with E-state index in [2.05, 4.69) is 0 Å². The number of halogens is 1. The maximum atomic E-state index is 14.1. The molecule has 2 amide bonds. The molecule has 1 heterocycles. The summed E-state index contributed by atoms with van der Waals surface area (Å²) >= 11 is 0. The van der Waals surface area contributed by atoms with Gasteiger partial charge in [-0.05, 0) is 58.9 Å². The van der Waals surface area contributed by atoms with E-state index in [0.717, 1.165) is 25.7 Å². The van der Waals surface area contributed by atoms with Crippen LogP contribution in [0.5, 0.6) is 0 Å². The third-order valence-corrected chi connectivity index (χ3v) is 4.99. The first-order valence-electron chi connectivity index (χ1n) is 9.80. The van der Waals surface area contributed by atoms with Gasteiger partial charge in [0.25, 0.3) is 0 Å². The fourth-order valence-electron chi connectivity index (χ4n) is 3.50. The summed E-state index contributed by atoms with van der Waals surface area (Å²) in [6.07, 6.45) is 3.80. The molecule has 148 valence electrons. The fraction of sp³-hybridized carbons (Fsp3) is 0.619. The Balaban J connectivity index is 1.77. The van der Waals surface area contributed by atoms with Crippen LogP contribution in [0, 0.1) is 5.82 Å². The minimum absolute atomic E-state index is 0.0914. The van der Waals surface area contributed by atoms with Crippen LogP contribution in [0.2, 0.25) is 0 Å². The van der Waals surface area contributed by atoms with Gasteiger partial charge < -0.3 is 9.64 Å². The van der Waals surface area contributed by atoms with Crippen molar-refractivity contribution in [2.45, 2.75) is 77.1 Å². The van der Waals surface area contributed by atoms with Gasteiger partial charge >= 0.3 is 6.09 Å². The summed E-state index contributed by atoms with van der Waals surface area (Å²) in [4.78, 5) is 29.3. The number of hydrogen-bond acceptors (Lipinski definition) is 3. The summed E-state index contributed by atoms with van der Waals surface area (Å²) in [6, 6.07) is 6.17. The Hall–Kier alpha value is -2.11. The van der Waals surface area contributed by atoms with E-state index in [-0.39, 0.29) is 24.3 Å². The van der Waals surface area contributed by atoms with Gasteiger partial charge in [0.15, 0.2) is 0 Å². The van der Waals surface area contributed by atoms with Crippen LogP contribution < -0.4 is 0 Å². The van der Waals surface area contributed by atoms with Crippen LogP contribution in [0.25, 0.3) is 0 Å². The molecule has 0 bridgehead atoms. The lowest BCUT2D eigenvalue weighted by Gasteiger charge is -2.38. The first kappa shape index (κ1) is 19.6. The van der Waals surface area contributed by atoms with E-state index in [1.807, 2.05) is 20.8 Å². The van der Waals surface area contributed by atoms with Gasteiger partial charge in [0.05, 0.1) is 0 Å². The van der Waals surface area contributed by atoms with Crippen molar-refractivity contribution in [3.8, 4) is 0 Å². The molecule has 6 heteroatoms. The molecule has 1 aliphatic carbocycles. The normalized spacial score (nSPS) is 20.3.